The number of hydrogen-bond acceptors (Lipinski definition) is 2. The van der Waals surface area contributed by atoms with Crippen LogP contribution in [0, 0.1) is 0 Å². The van der Waals surface area contributed by atoms with Gasteiger partial charge in [-0.05, 0) is 18.9 Å². The zero-order valence-corrected chi connectivity index (χ0v) is 11.8. The molecule has 0 atom stereocenters. The number of nitrogens with one attached hydrogen (secondary N) is 2. The fourth-order valence-electron chi connectivity index (χ4n) is 3.12. The molecule has 1 fully saturated rings. The lowest BCUT2D eigenvalue weighted by Gasteiger charge is -2.15. The largest absolute Gasteiger partial charge is 0.360 e. The van der Waals surface area contributed by atoms with Crippen LogP contribution in [-0.4, -0.2) is 23.4 Å². The maximum atomic E-state index is 12.4. The molecule has 20 heavy (non-hydrogen) atoms. The van der Waals surface area contributed by atoms with Gasteiger partial charge in [0, 0.05) is 28.7 Å². The fourth-order valence-corrected chi connectivity index (χ4v) is 3.12. The lowest BCUT2D eigenvalue weighted by molar-refractivity contribution is 0.0988. The molecule has 3 heteroatoms. The van der Waals surface area contributed by atoms with E-state index in [1.807, 2.05) is 30.5 Å². The SMILES string of the molecule is O=C(CNC1CCCCCC1)c1c[nH]c2ccccc12. The number of aromatic nitrogens is 1. The maximum absolute atomic E-state index is 12.4. The number of Topliss-reactive ketones (excluding diaryl/α,β-unsaturated/α-hetero) is 1. The van der Waals surface area contributed by atoms with E-state index in [0.717, 1.165) is 16.5 Å². The van der Waals surface area contributed by atoms with Crippen LogP contribution in [0.25, 0.3) is 10.9 Å². The van der Waals surface area contributed by atoms with Gasteiger partial charge in [0.05, 0.1) is 6.54 Å². The number of carbonyl (C=O) groups excluding carboxylic acids is 1. The van der Waals surface area contributed by atoms with Crippen LogP contribution >= 0.6 is 0 Å². The van der Waals surface area contributed by atoms with E-state index in [0.29, 0.717) is 12.6 Å². The van der Waals surface area contributed by atoms with Crippen LogP contribution in [0.15, 0.2) is 30.5 Å². The van der Waals surface area contributed by atoms with Crippen molar-refractivity contribution in [2.24, 2.45) is 0 Å². The number of ketones is 1. The molecular weight excluding hydrogens is 248 g/mol. The van der Waals surface area contributed by atoms with E-state index in [1.165, 1.54) is 38.5 Å². The van der Waals surface area contributed by atoms with Gasteiger partial charge in [0.2, 0.25) is 0 Å². The first-order valence-electron chi connectivity index (χ1n) is 7.67. The Bertz CT molecular complexity index is 579. The molecule has 3 rings (SSSR count). The predicted molar refractivity (Wildman–Crippen MR) is 82.1 cm³/mol. The van der Waals surface area contributed by atoms with Crippen LogP contribution in [0.3, 0.4) is 0 Å². The van der Waals surface area contributed by atoms with Crippen molar-refractivity contribution in [3.05, 3.63) is 36.0 Å². The molecule has 0 unspecified atom stereocenters. The third-order valence-corrected chi connectivity index (χ3v) is 4.30. The minimum Gasteiger partial charge on any atom is -0.360 e. The Balaban J connectivity index is 1.64. The lowest BCUT2D eigenvalue weighted by atomic mass is 10.1. The molecule has 1 heterocycles. The number of rotatable bonds is 4. The first-order chi connectivity index (χ1) is 9.84. The van der Waals surface area contributed by atoms with Crippen molar-refractivity contribution in [1.82, 2.24) is 10.3 Å². The Morgan fingerprint density at radius 1 is 1.15 bits per heavy atom. The first-order valence-corrected chi connectivity index (χ1v) is 7.67. The minimum atomic E-state index is 0.187. The van der Waals surface area contributed by atoms with E-state index >= 15 is 0 Å². The van der Waals surface area contributed by atoms with Crippen molar-refractivity contribution in [1.29, 1.82) is 0 Å². The van der Waals surface area contributed by atoms with Gasteiger partial charge in [-0.15, -0.1) is 0 Å². The van der Waals surface area contributed by atoms with Gasteiger partial charge in [-0.25, -0.2) is 0 Å². The van der Waals surface area contributed by atoms with E-state index in [4.69, 9.17) is 0 Å². The normalized spacial score (nSPS) is 17.2. The molecule has 1 aliphatic carbocycles. The van der Waals surface area contributed by atoms with E-state index in [9.17, 15) is 4.79 Å². The lowest BCUT2D eigenvalue weighted by Crippen LogP contribution is -2.33. The molecule has 106 valence electrons. The summed E-state index contributed by atoms with van der Waals surface area (Å²) < 4.78 is 0. The quantitative estimate of drug-likeness (QED) is 0.658. The van der Waals surface area contributed by atoms with Crippen LogP contribution in [0.2, 0.25) is 0 Å². The minimum absolute atomic E-state index is 0.187. The Morgan fingerprint density at radius 3 is 2.70 bits per heavy atom. The molecule has 1 aromatic carbocycles. The Morgan fingerprint density at radius 2 is 1.90 bits per heavy atom. The maximum Gasteiger partial charge on any atom is 0.178 e. The van der Waals surface area contributed by atoms with Crippen LogP contribution in [0.5, 0.6) is 0 Å². The summed E-state index contributed by atoms with van der Waals surface area (Å²) >= 11 is 0. The van der Waals surface area contributed by atoms with Crippen LogP contribution in [0.1, 0.15) is 48.9 Å². The van der Waals surface area contributed by atoms with Crippen LogP contribution < -0.4 is 5.32 Å². The highest BCUT2D eigenvalue weighted by molar-refractivity contribution is 6.08. The van der Waals surface area contributed by atoms with E-state index in [-0.39, 0.29) is 5.78 Å². The second kappa shape index (κ2) is 6.23. The number of carbonyl (C=O) groups is 1. The summed E-state index contributed by atoms with van der Waals surface area (Å²) in [5.74, 6) is 0.187. The van der Waals surface area contributed by atoms with Gasteiger partial charge in [0.1, 0.15) is 0 Å². The van der Waals surface area contributed by atoms with Gasteiger partial charge in [-0.2, -0.15) is 0 Å². The highest BCUT2D eigenvalue weighted by Gasteiger charge is 2.15. The molecule has 2 aromatic rings. The highest BCUT2D eigenvalue weighted by Crippen LogP contribution is 2.19. The Labute approximate surface area is 119 Å². The monoisotopic (exact) mass is 270 g/mol. The average Bonchev–Trinajstić information content (AvgIpc) is 2.73. The smallest absolute Gasteiger partial charge is 0.178 e. The van der Waals surface area contributed by atoms with Gasteiger partial charge in [0.25, 0.3) is 0 Å². The van der Waals surface area contributed by atoms with Crippen molar-refractivity contribution >= 4 is 16.7 Å². The number of para-hydroxylation sites is 1. The Hall–Kier alpha value is -1.61. The number of fused-ring (bicyclic) bond motifs is 1. The van der Waals surface area contributed by atoms with Gasteiger partial charge in [-0.3, -0.25) is 4.79 Å². The molecule has 0 aliphatic heterocycles. The molecule has 0 amide bonds. The number of H-pyrrole nitrogens is 1. The van der Waals surface area contributed by atoms with E-state index < -0.39 is 0 Å². The fraction of sp³-hybridized carbons (Fsp3) is 0.471. The van der Waals surface area contributed by atoms with E-state index in [1.54, 1.807) is 0 Å². The molecule has 1 aromatic heterocycles. The highest BCUT2D eigenvalue weighted by atomic mass is 16.1. The topological polar surface area (TPSA) is 44.9 Å². The average molecular weight is 270 g/mol. The number of aromatic amines is 1. The molecule has 1 aliphatic rings. The molecular formula is C17H22N2O. The summed E-state index contributed by atoms with van der Waals surface area (Å²) in [7, 11) is 0. The third-order valence-electron chi connectivity index (χ3n) is 4.30. The van der Waals surface area contributed by atoms with E-state index in [2.05, 4.69) is 10.3 Å². The summed E-state index contributed by atoms with van der Waals surface area (Å²) in [5.41, 5.74) is 1.84. The Kier molecular flexibility index (Phi) is 4.16. The summed E-state index contributed by atoms with van der Waals surface area (Å²) in [6, 6.07) is 8.49. The second-order valence-electron chi connectivity index (χ2n) is 5.74. The van der Waals surface area contributed by atoms with Gasteiger partial charge >= 0.3 is 0 Å². The standard InChI is InChI=1S/C17H22N2O/c20-17(12-18-13-7-3-1-2-4-8-13)15-11-19-16-10-6-5-9-14(15)16/h5-6,9-11,13,18-19H,1-4,7-8,12H2. The molecule has 3 nitrogen and oxygen atoms in total. The molecule has 1 saturated carbocycles. The summed E-state index contributed by atoms with van der Waals surface area (Å²) in [6.07, 6.45) is 9.52. The molecule has 0 bridgehead atoms. The molecule has 0 spiro atoms. The molecule has 2 N–H and O–H groups in total. The van der Waals surface area contributed by atoms with Gasteiger partial charge in [-0.1, -0.05) is 43.9 Å². The van der Waals surface area contributed by atoms with Crippen LogP contribution in [0.4, 0.5) is 0 Å². The van der Waals surface area contributed by atoms with Crippen molar-refractivity contribution in [2.75, 3.05) is 6.54 Å². The number of benzene rings is 1. The summed E-state index contributed by atoms with van der Waals surface area (Å²) in [6.45, 7) is 0.451. The summed E-state index contributed by atoms with van der Waals surface area (Å²) in [5, 5.41) is 4.48. The number of hydrogen-bond donors (Lipinski definition) is 2. The van der Waals surface area contributed by atoms with Crippen molar-refractivity contribution < 1.29 is 4.79 Å². The zero-order chi connectivity index (χ0) is 13.8. The predicted octanol–water partition coefficient (Wildman–Crippen LogP) is 3.66. The van der Waals surface area contributed by atoms with Crippen molar-refractivity contribution in [2.45, 2.75) is 44.6 Å². The van der Waals surface area contributed by atoms with Gasteiger partial charge < -0.3 is 10.3 Å². The van der Waals surface area contributed by atoms with Crippen molar-refractivity contribution in [3.8, 4) is 0 Å². The van der Waals surface area contributed by atoms with Crippen LogP contribution in [-0.2, 0) is 0 Å². The first kappa shape index (κ1) is 13.4. The van der Waals surface area contributed by atoms with Gasteiger partial charge in [0.15, 0.2) is 5.78 Å². The zero-order valence-electron chi connectivity index (χ0n) is 11.8. The summed E-state index contributed by atoms with van der Waals surface area (Å²) in [4.78, 5) is 15.5. The molecule has 0 saturated heterocycles. The van der Waals surface area contributed by atoms with Crippen molar-refractivity contribution in [3.63, 3.8) is 0 Å². The second-order valence-corrected chi connectivity index (χ2v) is 5.74. The third kappa shape index (κ3) is 2.93. The molecule has 0 radical (unpaired) electrons.